The van der Waals surface area contributed by atoms with Gasteiger partial charge in [0.25, 0.3) is 0 Å². The average Bonchev–Trinajstić information content (AvgIpc) is 3.19. The Bertz CT molecular complexity index is 1090. The van der Waals surface area contributed by atoms with Crippen molar-refractivity contribution in [2.75, 3.05) is 0 Å². The minimum atomic E-state index is -1.32. The molecular weight excluding hydrogens is 344 g/mol. The van der Waals surface area contributed by atoms with Crippen LogP contribution in [0.1, 0.15) is 43.5 Å². The van der Waals surface area contributed by atoms with Gasteiger partial charge in [-0.05, 0) is 24.3 Å². The molecule has 5 heteroatoms. The van der Waals surface area contributed by atoms with E-state index in [1.807, 2.05) is 24.3 Å². The van der Waals surface area contributed by atoms with Gasteiger partial charge in [0.15, 0.2) is 6.10 Å². The number of phenols is 1. The van der Waals surface area contributed by atoms with E-state index in [2.05, 4.69) is 0 Å². The molecule has 0 amide bonds. The van der Waals surface area contributed by atoms with Crippen LogP contribution in [0.15, 0.2) is 72.8 Å². The second kappa shape index (κ2) is 5.45. The highest BCUT2D eigenvalue weighted by Gasteiger charge is 2.57. The second-order valence-corrected chi connectivity index (χ2v) is 6.59. The molecule has 2 heterocycles. The molecule has 2 atom stereocenters. The van der Waals surface area contributed by atoms with Crippen LogP contribution in [-0.4, -0.2) is 17.0 Å². The van der Waals surface area contributed by atoms with Crippen LogP contribution in [0.2, 0.25) is 0 Å². The summed E-state index contributed by atoms with van der Waals surface area (Å²) in [5.74, 6) is -0.830. The SMILES string of the molecule is O=C1OC(C2(c3ccc(O)cc3)OC(=O)c3ccccc32)c2ccccc21. The molecule has 132 valence electrons. The fourth-order valence-corrected chi connectivity index (χ4v) is 3.96. The van der Waals surface area contributed by atoms with Crippen LogP contribution in [0.3, 0.4) is 0 Å². The van der Waals surface area contributed by atoms with E-state index in [0.29, 0.717) is 27.8 Å². The summed E-state index contributed by atoms with van der Waals surface area (Å²) >= 11 is 0. The van der Waals surface area contributed by atoms with Crippen molar-refractivity contribution in [1.82, 2.24) is 0 Å². The van der Waals surface area contributed by atoms with Crippen molar-refractivity contribution in [3.05, 3.63) is 101 Å². The predicted molar refractivity (Wildman–Crippen MR) is 95.3 cm³/mol. The largest absolute Gasteiger partial charge is 0.508 e. The molecule has 3 aromatic rings. The van der Waals surface area contributed by atoms with Gasteiger partial charge in [0.2, 0.25) is 5.60 Å². The summed E-state index contributed by atoms with van der Waals surface area (Å²) in [6, 6.07) is 20.6. The quantitative estimate of drug-likeness (QED) is 0.707. The minimum Gasteiger partial charge on any atom is -0.508 e. The van der Waals surface area contributed by atoms with E-state index >= 15 is 0 Å². The number of phenolic OH excluding ortho intramolecular Hbond substituents is 1. The van der Waals surface area contributed by atoms with E-state index in [-0.39, 0.29) is 5.75 Å². The number of fused-ring (bicyclic) bond motifs is 2. The number of hydrogen-bond acceptors (Lipinski definition) is 5. The van der Waals surface area contributed by atoms with Gasteiger partial charge in [-0.3, -0.25) is 0 Å². The molecule has 0 saturated carbocycles. The third kappa shape index (κ3) is 2.05. The van der Waals surface area contributed by atoms with Crippen LogP contribution >= 0.6 is 0 Å². The van der Waals surface area contributed by atoms with Gasteiger partial charge >= 0.3 is 11.9 Å². The second-order valence-electron chi connectivity index (χ2n) is 6.59. The fourth-order valence-electron chi connectivity index (χ4n) is 3.96. The van der Waals surface area contributed by atoms with Crippen molar-refractivity contribution in [3.8, 4) is 5.75 Å². The first-order valence-electron chi connectivity index (χ1n) is 8.53. The van der Waals surface area contributed by atoms with Gasteiger partial charge in [0.05, 0.1) is 11.1 Å². The van der Waals surface area contributed by atoms with E-state index in [0.717, 1.165) is 0 Å². The van der Waals surface area contributed by atoms with Crippen molar-refractivity contribution in [2.45, 2.75) is 11.7 Å². The predicted octanol–water partition coefficient (Wildman–Crippen LogP) is 3.72. The molecule has 0 fully saturated rings. The summed E-state index contributed by atoms with van der Waals surface area (Å²) in [6.45, 7) is 0. The maximum absolute atomic E-state index is 12.7. The maximum atomic E-state index is 12.7. The topological polar surface area (TPSA) is 72.8 Å². The third-order valence-electron chi connectivity index (χ3n) is 5.15. The summed E-state index contributed by atoms with van der Waals surface area (Å²) in [4.78, 5) is 25.1. The highest BCUT2D eigenvalue weighted by molar-refractivity contribution is 5.97. The Labute approximate surface area is 154 Å². The first-order chi connectivity index (χ1) is 13.1. The first kappa shape index (κ1) is 15.6. The van der Waals surface area contributed by atoms with Crippen LogP contribution in [0, 0.1) is 0 Å². The Morgan fingerprint density at radius 1 is 0.778 bits per heavy atom. The van der Waals surface area contributed by atoms with Gasteiger partial charge < -0.3 is 14.6 Å². The minimum absolute atomic E-state index is 0.0929. The van der Waals surface area contributed by atoms with Gasteiger partial charge in [-0.1, -0.05) is 48.5 Å². The highest BCUT2D eigenvalue weighted by atomic mass is 16.6. The lowest BCUT2D eigenvalue weighted by Crippen LogP contribution is -2.35. The molecule has 0 aliphatic carbocycles. The molecule has 3 aromatic carbocycles. The van der Waals surface area contributed by atoms with Gasteiger partial charge in [0.1, 0.15) is 5.75 Å². The summed E-state index contributed by atoms with van der Waals surface area (Å²) in [5.41, 5.74) is 1.50. The number of rotatable bonds is 2. The summed E-state index contributed by atoms with van der Waals surface area (Å²) in [6.07, 6.45) is -0.821. The number of esters is 2. The molecule has 0 radical (unpaired) electrons. The number of hydrogen-bond donors (Lipinski definition) is 1. The monoisotopic (exact) mass is 358 g/mol. The summed E-state index contributed by atoms with van der Waals surface area (Å²) in [7, 11) is 0. The maximum Gasteiger partial charge on any atom is 0.339 e. The lowest BCUT2D eigenvalue weighted by molar-refractivity contribution is -0.0660. The molecule has 0 aromatic heterocycles. The molecule has 2 aliphatic heterocycles. The average molecular weight is 358 g/mol. The molecule has 2 aliphatic rings. The smallest absolute Gasteiger partial charge is 0.339 e. The van der Waals surface area contributed by atoms with Crippen molar-refractivity contribution < 1.29 is 24.2 Å². The van der Waals surface area contributed by atoms with E-state index in [4.69, 9.17) is 9.47 Å². The van der Waals surface area contributed by atoms with Crippen LogP contribution in [0.4, 0.5) is 0 Å². The standard InChI is InChI=1S/C22H14O5/c23-14-11-9-13(10-12-14)22(18-8-4-3-7-17(18)21(25)27-22)19-15-5-1-2-6-16(15)20(24)26-19/h1-12,19,23H. The zero-order valence-electron chi connectivity index (χ0n) is 14.1. The van der Waals surface area contributed by atoms with Crippen LogP contribution in [0.5, 0.6) is 5.75 Å². The summed E-state index contributed by atoms with van der Waals surface area (Å²) < 4.78 is 11.7. The lowest BCUT2D eigenvalue weighted by Gasteiger charge is -2.34. The van der Waals surface area contributed by atoms with E-state index in [1.54, 1.807) is 36.4 Å². The number of carbonyl (C=O) groups is 2. The van der Waals surface area contributed by atoms with Crippen molar-refractivity contribution >= 4 is 11.9 Å². The van der Waals surface area contributed by atoms with E-state index in [1.165, 1.54) is 12.1 Å². The number of carbonyl (C=O) groups excluding carboxylic acids is 2. The lowest BCUT2D eigenvalue weighted by atomic mass is 9.78. The van der Waals surface area contributed by atoms with Crippen LogP contribution < -0.4 is 0 Å². The zero-order chi connectivity index (χ0) is 18.6. The van der Waals surface area contributed by atoms with Gasteiger partial charge in [-0.2, -0.15) is 0 Å². The molecule has 27 heavy (non-hydrogen) atoms. The van der Waals surface area contributed by atoms with Crippen molar-refractivity contribution in [2.24, 2.45) is 0 Å². The number of ether oxygens (including phenoxy) is 2. The Balaban J connectivity index is 1.81. The molecule has 2 unspecified atom stereocenters. The molecule has 5 nitrogen and oxygen atoms in total. The number of aromatic hydroxyl groups is 1. The van der Waals surface area contributed by atoms with Crippen molar-refractivity contribution in [1.29, 1.82) is 0 Å². The zero-order valence-corrected chi connectivity index (χ0v) is 14.1. The van der Waals surface area contributed by atoms with Crippen molar-refractivity contribution in [3.63, 3.8) is 0 Å². The highest BCUT2D eigenvalue weighted by Crippen LogP contribution is 2.54. The van der Waals surface area contributed by atoms with Crippen LogP contribution in [-0.2, 0) is 15.1 Å². The number of benzene rings is 3. The normalized spacial score (nSPS) is 22.7. The fraction of sp³-hybridized carbons (Fsp3) is 0.0909. The Morgan fingerprint density at radius 3 is 2.22 bits per heavy atom. The first-order valence-corrected chi connectivity index (χ1v) is 8.53. The molecule has 0 saturated heterocycles. The molecule has 1 N–H and O–H groups in total. The molecule has 5 rings (SSSR count). The summed E-state index contributed by atoms with van der Waals surface area (Å²) in [5, 5.41) is 9.70. The van der Waals surface area contributed by atoms with Gasteiger partial charge in [-0.15, -0.1) is 0 Å². The van der Waals surface area contributed by atoms with Crippen LogP contribution in [0.25, 0.3) is 0 Å². The molecular formula is C22H14O5. The Morgan fingerprint density at radius 2 is 1.44 bits per heavy atom. The third-order valence-corrected chi connectivity index (χ3v) is 5.15. The van der Waals surface area contributed by atoms with E-state index < -0.39 is 23.6 Å². The number of cyclic esters (lactones) is 2. The van der Waals surface area contributed by atoms with E-state index in [9.17, 15) is 14.7 Å². The molecule has 0 bridgehead atoms. The Hall–Kier alpha value is -3.60. The van der Waals surface area contributed by atoms with Gasteiger partial charge in [-0.25, -0.2) is 9.59 Å². The van der Waals surface area contributed by atoms with Gasteiger partial charge in [0, 0.05) is 16.7 Å². The Kier molecular flexibility index (Phi) is 3.15. The molecule has 0 spiro atoms.